The van der Waals surface area contributed by atoms with Crippen molar-refractivity contribution in [3.63, 3.8) is 0 Å². The van der Waals surface area contributed by atoms with Crippen molar-refractivity contribution in [1.82, 2.24) is 0 Å². The molecule has 0 saturated carbocycles. The Morgan fingerprint density at radius 1 is 1.00 bits per heavy atom. The lowest BCUT2D eigenvalue weighted by molar-refractivity contribution is -0.153. The molecule has 9 heteroatoms. The van der Waals surface area contributed by atoms with E-state index in [1.54, 1.807) is 24.3 Å². The zero-order chi connectivity index (χ0) is 19.8. The summed E-state index contributed by atoms with van der Waals surface area (Å²) in [5, 5.41) is 2.99. The minimum Gasteiger partial charge on any atom is -0.479 e. The Morgan fingerprint density at radius 2 is 1.56 bits per heavy atom. The van der Waals surface area contributed by atoms with Gasteiger partial charge in [-0.05, 0) is 55.5 Å². The van der Waals surface area contributed by atoms with Gasteiger partial charge in [-0.1, -0.05) is 11.6 Å². The number of esters is 1. The summed E-state index contributed by atoms with van der Waals surface area (Å²) < 4.78 is 38.6. The highest BCUT2D eigenvalue weighted by molar-refractivity contribution is 6.30. The summed E-state index contributed by atoms with van der Waals surface area (Å²) in [6.45, 7) is -1.97. The van der Waals surface area contributed by atoms with Crippen molar-refractivity contribution in [2.45, 2.75) is 19.6 Å². The van der Waals surface area contributed by atoms with E-state index in [0.29, 0.717) is 16.5 Å². The third kappa shape index (κ3) is 7.10. The van der Waals surface area contributed by atoms with E-state index in [0.717, 1.165) is 0 Å². The summed E-state index contributed by atoms with van der Waals surface area (Å²) in [5.74, 6) is -0.924. The van der Waals surface area contributed by atoms with Gasteiger partial charge in [-0.25, -0.2) is 4.79 Å². The molecule has 0 heterocycles. The number of nitrogens with one attached hydrogen (secondary N) is 1. The average molecular weight is 400 g/mol. The maximum atomic E-state index is 12.1. The van der Waals surface area contributed by atoms with Crippen LogP contribution in [-0.2, 0) is 14.3 Å². The number of anilines is 1. The number of halogens is 3. The fourth-order valence-electron chi connectivity index (χ4n) is 1.94. The molecule has 27 heavy (non-hydrogen) atoms. The van der Waals surface area contributed by atoms with Gasteiger partial charge >= 0.3 is 12.6 Å². The number of rotatable bonds is 8. The highest BCUT2D eigenvalue weighted by Gasteiger charge is 2.18. The van der Waals surface area contributed by atoms with E-state index >= 15 is 0 Å². The Kier molecular flexibility index (Phi) is 7.36. The maximum Gasteiger partial charge on any atom is 0.387 e. The number of ether oxygens (including phenoxy) is 3. The Hall–Kier alpha value is -2.87. The first-order chi connectivity index (χ1) is 12.8. The van der Waals surface area contributed by atoms with Gasteiger partial charge in [0.05, 0.1) is 0 Å². The van der Waals surface area contributed by atoms with Crippen molar-refractivity contribution in [3.8, 4) is 11.5 Å². The van der Waals surface area contributed by atoms with Crippen molar-refractivity contribution in [2.75, 3.05) is 11.9 Å². The van der Waals surface area contributed by atoms with Gasteiger partial charge in [-0.2, -0.15) is 8.78 Å². The maximum absolute atomic E-state index is 12.1. The van der Waals surface area contributed by atoms with E-state index in [4.69, 9.17) is 21.1 Å². The van der Waals surface area contributed by atoms with Gasteiger partial charge in [0.25, 0.3) is 5.91 Å². The van der Waals surface area contributed by atoms with E-state index in [-0.39, 0.29) is 5.75 Å². The molecule has 6 nitrogen and oxygen atoms in total. The standard InChI is InChI=1S/C18H16ClF2NO5/c1-11(26-14-6-2-12(19)3-7-14)17(24)25-10-16(23)22-13-4-8-15(9-5-13)27-18(20)21/h2-9,11,18H,10H2,1H3,(H,22,23)/t11-/m0/s1. The normalized spacial score (nSPS) is 11.6. The molecule has 1 amide bonds. The Morgan fingerprint density at radius 3 is 2.15 bits per heavy atom. The minimum absolute atomic E-state index is 0.0393. The van der Waals surface area contributed by atoms with Gasteiger partial charge in [0.1, 0.15) is 11.5 Å². The van der Waals surface area contributed by atoms with E-state index in [1.807, 2.05) is 0 Å². The van der Waals surface area contributed by atoms with Crippen LogP contribution in [0, 0.1) is 0 Å². The van der Waals surface area contributed by atoms with Crippen LogP contribution in [0.15, 0.2) is 48.5 Å². The molecule has 0 saturated heterocycles. The molecule has 1 atom stereocenters. The molecule has 144 valence electrons. The molecule has 2 aromatic carbocycles. The van der Waals surface area contributed by atoms with Crippen LogP contribution in [0.1, 0.15) is 6.92 Å². The smallest absolute Gasteiger partial charge is 0.387 e. The molecule has 1 N–H and O–H groups in total. The first kappa shape index (κ1) is 20.4. The lowest BCUT2D eigenvalue weighted by Gasteiger charge is -2.14. The molecule has 2 aromatic rings. The van der Waals surface area contributed by atoms with Crippen LogP contribution in [0.3, 0.4) is 0 Å². The second-order valence-electron chi connectivity index (χ2n) is 5.27. The highest BCUT2D eigenvalue weighted by atomic mass is 35.5. The van der Waals surface area contributed by atoms with E-state index in [2.05, 4.69) is 10.1 Å². The summed E-state index contributed by atoms with van der Waals surface area (Å²) in [5.41, 5.74) is 0.336. The Bertz CT molecular complexity index is 768. The fourth-order valence-corrected chi connectivity index (χ4v) is 2.06. The molecule has 0 aliphatic rings. The second-order valence-corrected chi connectivity index (χ2v) is 5.71. The molecule has 0 aliphatic heterocycles. The van der Waals surface area contributed by atoms with Crippen LogP contribution in [-0.4, -0.2) is 31.2 Å². The molecule has 2 rings (SSSR count). The summed E-state index contributed by atoms with van der Waals surface area (Å²) >= 11 is 5.76. The zero-order valence-electron chi connectivity index (χ0n) is 14.2. The molecule has 0 aliphatic carbocycles. The molecule has 0 unspecified atom stereocenters. The molecular formula is C18H16ClF2NO5. The van der Waals surface area contributed by atoms with Gasteiger partial charge < -0.3 is 19.5 Å². The number of hydrogen-bond acceptors (Lipinski definition) is 5. The summed E-state index contributed by atoms with van der Waals surface area (Å²) in [6.07, 6.45) is -0.926. The zero-order valence-corrected chi connectivity index (χ0v) is 14.9. The number of amides is 1. The lowest BCUT2D eigenvalue weighted by Crippen LogP contribution is -2.29. The van der Waals surface area contributed by atoms with Crippen LogP contribution in [0.4, 0.5) is 14.5 Å². The predicted octanol–water partition coefficient (Wildman–Crippen LogP) is 3.89. The van der Waals surface area contributed by atoms with Crippen molar-refractivity contribution in [3.05, 3.63) is 53.6 Å². The summed E-state index contributed by atoms with van der Waals surface area (Å²) in [6, 6.07) is 11.7. The summed E-state index contributed by atoms with van der Waals surface area (Å²) in [4.78, 5) is 23.7. The van der Waals surface area contributed by atoms with Crippen molar-refractivity contribution >= 4 is 29.2 Å². The third-order valence-corrected chi connectivity index (χ3v) is 3.42. The molecule has 0 fully saturated rings. The quantitative estimate of drug-likeness (QED) is 0.682. The van der Waals surface area contributed by atoms with Gasteiger partial charge in [0, 0.05) is 10.7 Å². The Balaban J connectivity index is 1.76. The fraction of sp³-hybridized carbons (Fsp3) is 0.222. The lowest BCUT2D eigenvalue weighted by atomic mass is 10.3. The minimum atomic E-state index is -2.93. The van der Waals surface area contributed by atoms with Gasteiger partial charge in [0.15, 0.2) is 12.7 Å². The van der Waals surface area contributed by atoms with Crippen molar-refractivity contribution in [1.29, 1.82) is 0 Å². The van der Waals surface area contributed by atoms with Crippen molar-refractivity contribution in [2.24, 2.45) is 0 Å². The summed E-state index contributed by atoms with van der Waals surface area (Å²) in [7, 11) is 0. The monoisotopic (exact) mass is 399 g/mol. The number of alkyl halides is 2. The largest absolute Gasteiger partial charge is 0.479 e. The van der Waals surface area contributed by atoms with E-state index < -0.39 is 31.2 Å². The van der Waals surface area contributed by atoms with Gasteiger partial charge in [0.2, 0.25) is 0 Å². The van der Waals surface area contributed by atoms with Crippen LogP contribution < -0.4 is 14.8 Å². The number of carbonyl (C=O) groups excluding carboxylic acids is 2. The first-order valence-electron chi connectivity index (χ1n) is 7.77. The highest BCUT2D eigenvalue weighted by Crippen LogP contribution is 2.18. The topological polar surface area (TPSA) is 73.9 Å². The first-order valence-corrected chi connectivity index (χ1v) is 8.15. The average Bonchev–Trinajstić information content (AvgIpc) is 2.62. The van der Waals surface area contributed by atoms with Crippen molar-refractivity contribution < 1.29 is 32.6 Å². The number of carbonyl (C=O) groups is 2. The van der Waals surface area contributed by atoms with Crippen LogP contribution in [0.5, 0.6) is 11.5 Å². The number of hydrogen-bond donors (Lipinski definition) is 1. The SMILES string of the molecule is C[C@H](Oc1ccc(Cl)cc1)C(=O)OCC(=O)Nc1ccc(OC(F)F)cc1. The molecular weight excluding hydrogens is 384 g/mol. The van der Waals surface area contributed by atoms with Gasteiger partial charge in [-0.3, -0.25) is 4.79 Å². The number of benzene rings is 2. The third-order valence-electron chi connectivity index (χ3n) is 3.17. The Labute approximate surface area is 159 Å². The van der Waals surface area contributed by atoms with Crippen LogP contribution in [0.25, 0.3) is 0 Å². The second kappa shape index (κ2) is 9.72. The predicted molar refractivity (Wildman–Crippen MR) is 94.2 cm³/mol. The van der Waals surface area contributed by atoms with Crippen LogP contribution >= 0.6 is 11.6 Å². The van der Waals surface area contributed by atoms with Gasteiger partial charge in [-0.15, -0.1) is 0 Å². The van der Waals surface area contributed by atoms with E-state index in [1.165, 1.54) is 31.2 Å². The van der Waals surface area contributed by atoms with Crippen LogP contribution in [0.2, 0.25) is 5.02 Å². The molecule has 0 spiro atoms. The van der Waals surface area contributed by atoms with E-state index in [9.17, 15) is 18.4 Å². The molecule has 0 radical (unpaired) electrons. The molecule has 0 bridgehead atoms. The molecule has 0 aromatic heterocycles.